The Morgan fingerprint density at radius 1 is 0.425 bits per heavy atom. The van der Waals surface area contributed by atoms with Crippen molar-refractivity contribution in [2.24, 2.45) is 0 Å². The fraction of sp³-hybridized carbons (Fsp3) is 1.00. The predicted octanol–water partition coefficient (Wildman–Crippen LogP) is 5.57. The van der Waals surface area contributed by atoms with E-state index in [0.29, 0.717) is 92.5 Å². The van der Waals surface area contributed by atoms with Gasteiger partial charge in [-0.15, -0.1) is 0 Å². The molecule has 0 aromatic rings. The van der Waals surface area contributed by atoms with Crippen molar-refractivity contribution in [2.45, 2.75) is 96.7 Å². The van der Waals surface area contributed by atoms with E-state index in [9.17, 15) is 0 Å². The lowest BCUT2D eigenvalue weighted by molar-refractivity contribution is -0.169. The number of hydrogen-bond donors (Lipinski definition) is 0. The summed E-state index contributed by atoms with van der Waals surface area (Å²) in [5.74, 6) is 0. The van der Waals surface area contributed by atoms with Gasteiger partial charge in [-0.3, -0.25) is 0 Å². The first-order valence-corrected chi connectivity index (χ1v) is 16.2. The van der Waals surface area contributed by atoms with Crippen LogP contribution in [0.2, 0.25) is 0 Å². The SMILES string of the molecule is CCCCCCCCCCCCOCCOCCOCCOCCOCCOCCOCCOC1CCCCO1. The van der Waals surface area contributed by atoms with Crippen LogP contribution in [-0.2, 0) is 42.6 Å². The molecule has 0 N–H and O–H groups in total. The Labute approximate surface area is 245 Å². The lowest BCUT2D eigenvalue weighted by Crippen LogP contribution is -2.24. The Morgan fingerprint density at radius 3 is 1.20 bits per heavy atom. The molecule has 1 aliphatic heterocycles. The molecular formula is C31H62O9. The van der Waals surface area contributed by atoms with Crippen LogP contribution in [0.3, 0.4) is 0 Å². The maximum Gasteiger partial charge on any atom is 0.157 e. The van der Waals surface area contributed by atoms with E-state index in [4.69, 9.17) is 42.6 Å². The lowest BCUT2D eigenvalue weighted by atomic mass is 10.1. The second-order valence-corrected chi connectivity index (χ2v) is 10.1. The highest BCUT2D eigenvalue weighted by Crippen LogP contribution is 2.13. The Kier molecular flexibility index (Phi) is 31.2. The Balaban J connectivity index is 1.60. The van der Waals surface area contributed by atoms with E-state index in [1.165, 1.54) is 64.2 Å². The van der Waals surface area contributed by atoms with Crippen LogP contribution in [0.25, 0.3) is 0 Å². The topological polar surface area (TPSA) is 83.1 Å². The predicted molar refractivity (Wildman–Crippen MR) is 157 cm³/mol. The van der Waals surface area contributed by atoms with Crippen molar-refractivity contribution in [1.82, 2.24) is 0 Å². The molecule has 240 valence electrons. The van der Waals surface area contributed by atoms with Crippen LogP contribution in [-0.4, -0.2) is 112 Å². The maximum atomic E-state index is 5.64. The molecule has 1 rings (SSSR count). The summed E-state index contributed by atoms with van der Waals surface area (Å²) in [5.41, 5.74) is 0. The van der Waals surface area contributed by atoms with Crippen LogP contribution in [0.4, 0.5) is 0 Å². The lowest BCUT2D eigenvalue weighted by Gasteiger charge is -2.22. The molecule has 0 amide bonds. The average molecular weight is 579 g/mol. The summed E-state index contributed by atoms with van der Waals surface area (Å²) in [6, 6.07) is 0. The summed E-state index contributed by atoms with van der Waals surface area (Å²) in [7, 11) is 0. The number of ether oxygens (including phenoxy) is 9. The van der Waals surface area contributed by atoms with Crippen molar-refractivity contribution in [2.75, 3.05) is 106 Å². The molecule has 1 atom stereocenters. The summed E-state index contributed by atoms with van der Waals surface area (Å²) in [5, 5.41) is 0. The van der Waals surface area contributed by atoms with Crippen molar-refractivity contribution >= 4 is 0 Å². The quantitative estimate of drug-likeness (QED) is 0.0929. The maximum absolute atomic E-state index is 5.64. The van der Waals surface area contributed by atoms with Crippen molar-refractivity contribution in [3.8, 4) is 0 Å². The van der Waals surface area contributed by atoms with Gasteiger partial charge in [0.2, 0.25) is 0 Å². The first-order chi connectivity index (χ1) is 19.9. The first kappa shape index (κ1) is 37.7. The number of unbranched alkanes of at least 4 members (excludes halogenated alkanes) is 9. The van der Waals surface area contributed by atoms with Gasteiger partial charge in [0.15, 0.2) is 6.29 Å². The zero-order valence-electron chi connectivity index (χ0n) is 25.8. The van der Waals surface area contributed by atoms with Crippen molar-refractivity contribution in [1.29, 1.82) is 0 Å². The molecule has 0 saturated carbocycles. The van der Waals surface area contributed by atoms with Crippen molar-refractivity contribution in [3.63, 3.8) is 0 Å². The Morgan fingerprint density at radius 2 is 0.800 bits per heavy atom. The minimum atomic E-state index is -0.0543. The molecule has 1 unspecified atom stereocenters. The smallest absolute Gasteiger partial charge is 0.157 e. The molecule has 1 fully saturated rings. The van der Waals surface area contributed by atoms with Gasteiger partial charge in [0.05, 0.1) is 92.5 Å². The minimum absolute atomic E-state index is 0.0543. The van der Waals surface area contributed by atoms with E-state index in [-0.39, 0.29) is 6.29 Å². The second-order valence-electron chi connectivity index (χ2n) is 10.1. The second kappa shape index (κ2) is 33.1. The van der Waals surface area contributed by atoms with Crippen LogP contribution < -0.4 is 0 Å². The van der Waals surface area contributed by atoms with Crippen LogP contribution in [0.1, 0.15) is 90.4 Å². The third-order valence-corrected chi connectivity index (χ3v) is 6.54. The van der Waals surface area contributed by atoms with Gasteiger partial charge in [0.25, 0.3) is 0 Å². The van der Waals surface area contributed by atoms with E-state index in [1.807, 2.05) is 0 Å². The normalized spacial score (nSPS) is 15.7. The molecule has 1 saturated heterocycles. The van der Waals surface area contributed by atoms with Gasteiger partial charge in [-0.2, -0.15) is 0 Å². The van der Waals surface area contributed by atoms with Gasteiger partial charge in [-0.05, 0) is 25.7 Å². The average Bonchev–Trinajstić information content (AvgIpc) is 2.98. The number of rotatable bonds is 33. The van der Waals surface area contributed by atoms with Crippen molar-refractivity contribution in [3.05, 3.63) is 0 Å². The molecule has 0 bridgehead atoms. The fourth-order valence-corrected chi connectivity index (χ4v) is 4.19. The highest BCUT2D eigenvalue weighted by atomic mass is 16.7. The Hall–Kier alpha value is -0.360. The molecule has 0 radical (unpaired) electrons. The number of hydrogen-bond acceptors (Lipinski definition) is 9. The molecule has 40 heavy (non-hydrogen) atoms. The molecule has 1 aliphatic rings. The van der Waals surface area contributed by atoms with Gasteiger partial charge in [-0.25, -0.2) is 0 Å². The standard InChI is InChI=1S/C31H62O9/c1-2-3-4-5-6-7-8-9-10-12-15-32-17-18-33-19-20-34-21-22-35-23-24-36-25-26-37-27-28-38-29-30-40-31-14-11-13-16-39-31/h31H,2-30H2,1H3. The molecule has 0 aromatic carbocycles. The molecule has 0 spiro atoms. The molecule has 0 aromatic heterocycles. The van der Waals surface area contributed by atoms with Gasteiger partial charge < -0.3 is 42.6 Å². The van der Waals surface area contributed by atoms with E-state index < -0.39 is 0 Å². The summed E-state index contributed by atoms with van der Waals surface area (Å²) in [6.45, 7) is 11.8. The fourth-order valence-electron chi connectivity index (χ4n) is 4.19. The van der Waals surface area contributed by atoms with E-state index in [1.54, 1.807) is 0 Å². The zero-order valence-corrected chi connectivity index (χ0v) is 25.8. The third kappa shape index (κ3) is 29.1. The highest BCUT2D eigenvalue weighted by molar-refractivity contribution is 4.53. The monoisotopic (exact) mass is 578 g/mol. The van der Waals surface area contributed by atoms with E-state index in [2.05, 4.69) is 6.92 Å². The summed E-state index contributed by atoms with van der Waals surface area (Å²) in [6.07, 6.45) is 16.7. The van der Waals surface area contributed by atoms with Crippen LogP contribution >= 0.6 is 0 Å². The Bertz CT molecular complexity index is 464. The van der Waals surface area contributed by atoms with Gasteiger partial charge in [0.1, 0.15) is 0 Å². The summed E-state index contributed by atoms with van der Waals surface area (Å²) in [4.78, 5) is 0. The highest BCUT2D eigenvalue weighted by Gasteiger charge is 2.13. The van der Waals surface area contributed by atoms with Gasteiger partial charge >= 0.3 is 0 Å². The van der Waals surface area contributed by atoms with Gasteiger partial charge in [-0.1, -0.05) is 64.7 Å². The first-order valence-electron chi connectivity index (χ1n) is 16.2. The minimum Gasteiger partial charge on any atom is -0.379 e. The van der Waals surface area contributed by atoms with Crippen LogP contribution in [0, 0.1) is 0 Å². The third-order valence-electron chi connectivity index (χ3n) is 6.54. The van der Waals surface area contributed by atoms with Crippen molar-refractivity contribution < 1.29 is 42.6 Å². The van der Waals surface area contributed by atoms with Crippen LogP contribution in [0.5, 0.6) is 0 Å². The summed E-state index contributed by atoms with van der Waals surface area (Å²) < 4.78 is 49.8. The summed E-state index contributed by atoms with van der Waals surface area (Å²) >= 11 is 0. The molecule has 9 heteroatoms. The zero-order chi connectivity index (χ0) is 28.4. The van der Waals surface area contributed by atoms with E-state index >= 15 is 0 Å². The molecule has 0 aliphatic carbocycles. The molecule has 1 heterocycles. The molecular weight excluding hydrogens is 516 g/mol. The largest absolute Gasteiger partial charge is 0.379 e. The van der Waals surface area contributed by atoms with Crippen LogP contribution in [0.15, 0.2) is 0 Å². The van der Waals surface area contributed by atoms with E-state index in [0.717, 1.165) is 32.5 Å². The van der Waals surface area contributed by atoms with Gasteiger partial charge in [0, 0.05) is 13.2 Å². The molecule has 9 nitrogen and oxygen atoms in total.